The highest BCUT2D eigenvalue weighted by molar-refractivity contribution is 4.93. The number of methoxy groups -OCH3 is 1. The normalized spacial score (nSPS) is 13.0. The van der Waals surface area contributed by atoms with E-state index in [4.69, 9.17) is 18.9 Å². The Morgan fingerprint density at radius 3 is 1.35 bits per heavy atom. The Labute approximate surface area is 287 Å². The predicted octanol–water partition coefficient (Wildman–Crippen LogP) is 13.0. The minimum Gasteiger partial charge on any atom is -0.379 e. The smallest absolute Gasteiger partial charge is 0.146 e. The lowest BCUT2D eigenvalue weighted by molar-refractivity contribution is -0.0642. The van der Waals surface area contributed by atoms with Crippen molar-refractivity contribution in [3.05, 3.63) is 48.6 Å². The first-order valence-corrected chi connectivity index (χ1v) is 19.7. The SMILES string of the molecule is CCCCCC=CCC=CCCCCCCCCOC[C@H](CCOCOC)OCCCCCCCCC=CCC=CCCCCC. The lowest BCUT2D eigenvalue weighted by Gasteiger charge is -2.18. The average Bonchev–Trinajstić information content (AvgIpc) is 3.07. The van der Waals surface area contributed by atoms with Crippen molar-refractivity contribution in [2.45, 2.75) is 180 Å². The highest BCUT2D eigenvalue weighted by atomic mass is 16.7. The Balaban J connectivity index is 3.71. The van der Waals surface area contributed by atoms with Gasteiger partial charge in [-0.2, -0.15) is 0 Å². The highest BCUT2D eigenvalue weighted by Crippen LogP contribution is 2.11. The Morgan fingerprint density at radius 1 is 0.435 bits per heavy atom. The van der Waals surface area contributed by atoms with Gasteiger partial charge in [0.2, 0.25) is 0 Å². The summed E-state index contributed by atoms with van der Waals surface area (Å²) in [5.41, 5.74) is 0. The summed E-state index contributed by atoms with van der Waals surface area (Å²) in [4.78, 5) is 0. The largest absolute Gasteiger partial charge is 0.379 e. The van der Waals surface area contributed by atoms with Crippen molar-refractivity contribution in [3.8, 4) is 0 Å². The van der Waals surface area contributed by atoms with E-state index in [0.717, 1.165) is 45.3 Å². The minimum atomic E-state index is 0.111. The van der Waals surface area contributed by atoms with Gasteiger partial charge < -0.3 is 18.9 Å². The van der Waals surface area contributed by atoms with Crippen molar-refractivity contribution in [1.29, 1.82) is 0 Å². The van der Waals surface area contributed by atoms with Crippen LogP contribution in [0, 0.1) is 0 Å². The Hall–Kier alpha value is -1.20. The zero-order valence-electron chi connectivity index (χ0n) is 31.0. The summed E-state index contributed by atoms with van der Waals surface area (Å²) in [6.45, 7) is 7.83. The number of hydrogen-bond donors (Lipinski definition) is 0. The Bertz CT molecular complexity index is 669. The van der Waals surface area contributed by atoms with E-state index in [-0.39, 0.29) is 6.10 Å². The molecule has 0 saturated heterocycles. The van der Waals surface area contributed by atoms with E-state index in [1.807, 2.05) is 0 Å². The summed E-state index contributed by atoms with van der Waals surface area (Å²) in [6, 6.07) is 0. The third-order valence-electron chi connectivity index (χ3n) is 8.28. The fourth-order valence-electron chi connectivity index (χ4n) is 5.32. The number of rotatable bonds is 38. The van der Waals surface area contributed by atoms with E-state index in [1.165, 1.54) is 128 Å². The quantitative estimate of drug-likeness (QED) is 0.0380. The molecule has 4 heteroatoms. The molecule has 0 aliphatic rings. The monoisotopic (exact) mass is 647 g/mol. The van der Waals surface area contributed by atoms with Gasteiger partial charge in [0.05, 0.1) is 19.3 Å². The molecule has 1 atom stereocenters. The third-order valence-corrected chi connectivity index (χ3v) is 8.28. The molecule has 270 valence electrons. The van der Waals surface area contributed by atoms with Crippen LogP contribution >= 0.6 is 0 Å². The van der Waals surface area contributed by atoms with Crippen LogP contribution in [-0.2, 0) is 18.9 Å². The zero-order chi connectivity index (χ0) is 33.3. The summed E-state index contributed by atoms with van der Waals surface area (Å²) < 4.78 is 22.8. The molecule has 0 aliphatic heterocycles. The maximum absolute atomic E-state index is 6.20. The third kappa shape index (κ3) is 39.0. The highest BCUT2D eigenvalue weighted by Gasteiger charge is 2.10. The van der Waals surface area contributed by atoms with Crippen molar-refractivity contribution in [2.24, 2.45) is 0 Å². The summed E-state index contributed by atoms with van der Waals surface area (Å²) >= 11 is 0. The number of hydrogen-bond acceptors (Lipinski definition) is 4. The van der Waals surface area contributed by atoms with Crippen molar-refractivity contribution >= 4 is 0 Å². The molecule has 0 saturated carbocycles. The van der Waals surface area contributed by atoms with Crippen LogP contribution < -0.4 is 0 Å². The van der Waals surface area contributed by atoms with Gasteiger partial charge in [-0.15, -0.1) is 0 Å². The molecule has 0 amide bonds. The van der Waals surface area contributed by atoms with Crippen LogP contribution in [0.2, 0.25) is 0 Å². The second kappa shape index (κ2) is 41.8. The van der Waals surface area contributed by atoms with Crippen molar-refractivity contribution in [3.63, 3.8) is 0 Å². The van der Waals surface area contributed by atoms with Gasteiger partial charge in [0.1, 0.15) is 6.79 Å². The molecule has 0 fully saturated rings. The topological polar surface area (TPSA) is 36.9 Å². The molecule has 0 aromatic carbocycles. The molecule has 46 heavy (non-hydrogen) atoms. The minimum absolute atomic E-state index is 0.111. The number of allylic oxidation sites excluding steroid dienone is 8. The van der Waals surface area contributed by atoms with Crippen molar-refractivity contribution in [2.75, 3.05) is 40.3 Å². The number of ether oxygens (including phenoxy) is 4. The van der Waals surface area contributed by atoms with Crippen LogP contribution in [0.1, 0.15) is 174 Å². The summed E-state index contributed by atoms with van der Waals surface area (Å²) in [5, 5.41) is 0. The molecule has 0 heterocycles. The molecule has 0 radical (unpaired) electrons. The van der Waals surface area contributed by atoms with Gasteiger partial charge in [-0.25, -0.2) is 0 Å². The lowest BCUT2D eigenvalue weighted by Crippen LogP contribution is -2.23. The molecule has 0 N–H and O–H groups in total. The zero-order valence-corrected chi connectivity index (χ0v) is 31.0. The van der Waals surface area contributed by atoms with Crippen LogP contribution in [0.25, 0.3) is 0 Å². The first-order chi connectivity index (χ1) is 22.8. The van der Waals surface area contributed by atoms with Gasteiger partial charge in [0.15, 0.2) is 0 Å². The lowest BCUT2D eigenvalue weighted by atomic mass is 10.1. The molecule has 0 spiro atoms. The fraction of sp³-hybridized carbons (Fsp3) is 0.810. The van der Waals surface area contributed by atoms with Gasteiger partial charge in [-0.3, -0.25) is 0 Å². The van der Waals surface area contributed by atoms with Crippen LogP contribution in [0.4, 0.5) is 0 Å². The van der Waals surface area contributed by atoms with E-state index < -0.39 is 0 Å². The van der Waals surface area contributed by atoms with Crippen LogP contribution in [0.15, 0.2) is 48.6 Å². The van der Waals surface area contributed by atoms with E-state index in [2.05, 4.69) is 62.5 Å². The maximum Gasteiger partial charge on any atom is 0.146 e. The predicted molar refractivity (Wildman–Crippen MR) is 202 cm³/mol. The molecular formula is C42H78O4. The fourth-order valence-corrected chi connectivity index (χ4v) is 5.32. The van der Waals surface area contributed by atoms with Crippen LogP contribution in [-0.4, -0.2) is 46.4 Å². The molecule has 0 aliphatic carbocycles. The van der Waals surface area contributed by atoms with E-state index >= 15 is 0 Å². The molecule has 0 rings (SSSR count). The second-order valence-corrected chi connectivity index (χ2v) is 12.8. The van der Waals surface area contributed by atoms with Gasteiger partial charge >= 0.3 is 0 Å². The maximum atomic E-state index is 6.20. The van der Waals surface area contributed by atoms with Crippen LogP contribution in [0.5, 0.6) is 0 Å². The summed E-state index contributed by atoms with van der Waals surface area (Å²) in [5.74, 6) is 0. The Kier molecular flexibility index (Phi) is 40.7. The number of unbranched alkanes of at least 4 members (excludes halogenated alkanes) is 18. The van der Waals surface area contributed by atoms with Gasteiger partial charge in [-0.1, -0.05) is 140 Å². The summed E-state index contributed by atoms with van der Waals surface area (Å²) in [7, 11) is 1.66. The first-order valence-electron chi connectivity index (χ1n) is 19.7. The van der Waals surface area contributed by atoms with E-state index in [0.29, 0.717) is 20.0 Å². The first kappa shape index (κ1) is 44.8. The Morgan fingerprint density at radius 2 is 0.870 bits per heavy atom. The summed E-state index contributed by atoms with van der Waals surface area (Å²) in [6.07, 6.45) is 50.1. The van der Waals surface area contributed by atoms with E-state index in [9.17, 15) is 0 Å². The molecule has 0 bridgehead atoms. The van der Waals surface area contributed by atoms with Gasteiger partial charge in [-0.05, 0) is 83.5 Å². The average molecular weight is 647 g/mol. The molecule has 4 nitrogen and oxygen atoms in total. The van der Waals surface area contributed by atoms with Crippen molar-refractivity contribution < 1.29 is 18.9 Å². The molecule has 0 aromatic heterocycles. The standard InChI is InChI=1S/C42H78O4/c1-4-6-8-10-12-14-16-18-20-22-24-26-28-30-32-34-37-44-40-42(36-39-45-41-43-3)46-38-35-33-31-29-27-25-23-21-19-17-15-13-11-9-7-5-2/h12-15,18-21,42H,4-11,16-17,22-41H2,1-3H3/t42-/m0/s1. The second-order valence-electron chi connectivity index (χ2n) is 12.8. The molecule has 0 unspecified atom stereocenters. The van der Waals surface area contributed by atoms with Crippen LogP contribution in [0.3, 0.4) is 0 Å². The molecular weight excluding hydrogens is 568 g/mol. The van der Waals surface area contributed by atoms with Crippen molar-refractivity contribution in [1.82, 2.24) is 0 Å². The van der Waals surface area contributed by atoms with Gasteiger partial charge in [0.25, 0.3) is 0 Å². The molecule has 0 aromatic rings. The van der Waals surface area contributed by atoms with E-state index in [1.54, 1.807) is 7.11 Å². The van der Waals surface area contributed by atoms with Gasteiger partial charge in [0, 0.05) is 20.3 Å².